The van der Waals surface area contributed by atoms with Gasteiger partial charge in [0.25, 0.3) is 11.2 Å². The Hall–Kier alpha value is -2.97. The SMILES string of the molecule is CCC(C)(C)C(=O)OC1CCC(C(C)(C)C)CC1.CCC(C)(C)C(=O)OCC(F)(F)F.CCC(C)c1cc(C(O)(C(F)(F)F)C(F)(F)F)cc(C(O)(C(F)(F)F)C(F)(F)F)c1. The average molecular weight is 919 g/mol. The number of aliphatic hydroxyl groups is 2. The lowest BCUT2D eigenvalue weighted by molar-refractivity contribution is -0.378. The van der Waals surface area contributed by atoms with Crippen LogP contribution in [0.15, 0.2) is 18.2 Å². The van der Waals surface area contributed by atoms with Gasteiger partial charge in [-0.15, -0.1) is 0 Å². The summed E-state index contributed by atoms with van der Waals surface area (Å²) in [6.07, 6.45) is -24.9. The average Bonchev–Trinajstić information content (AvgIpc) is 3.10. The van der Waals surface area contributed by atoms with Gasteiger partial charge in [0.2, 0.25) is 0 Å². The Morgan fingerprint density at radius 3 is 1.23 bits per heavy atom. The van der Waals surface area contributed by atoms with Gasteiger partial charge >= 0.3 is 42.8 Å². The molecule has 0 heterocycles. The fourth-order valence-corrected chi connectivity index (χ4v) is 5.55. The number of hydrogen-bond donors (Lipinski definition) is 2. The van der Waals surface area contributed by atoms with Crippen LogP contribution in [0.1, 0.15) is 144 Å². The van der Waals surface area contributed by atoms with E-state index in [0.717, 1.165) is 32.1 Å². The van der Waals surface area contributed by atoms with Crippen molar-refractivity contribution in [1.29, 1.82) is 0 Å². The van der Waals surface area contributed by atoms with Crippen molar-refractivity contribution in [3.05, 3.63) is 34.9 Å². The molecule has 1 aliphatic carbocycles. The second kappa shape index (κ2) is 20.2. The maximum absolute atomic E-state index is 13.1. The van der Waals surface area contributed by atoms with E-state index in [4.69, 9.17) is 4.74 Å². The van der Waals surface area contributed by atoms with Crippen molar-refractivity contribution in [3.8, 4) is 0 Å². The first kappa shape index (κ1) is 58.0. The maximum atomic E-state index is 13.1. The number of alkyl halides is 15. The van der Waals surface area contributed by atoms with Crippen LogP contribution >= 0.6 is 0 Å². The monoisotopic (exact) mass is 918 g/mol. The van der Waals surface area contributed by atoms with Crippen LogP contribution in [0.5, 0.6) is 0 Å². The minimum atomic E-state index is -6.56. The topological polar surface area (TPSA) is 93.1 Å². The van der Waals surface area contributed by atoms with Gasteiger partial charge in [-0.05, 0) is 102 Å². The largest absolute Gasteiger partial charge is 0.462 e. The van der Waals surface area contributed by atoms with E-state index in [9.17, 15) is 85.7 Å². The molecule has 0 aromatic heterocycles. The van der Waals surface area contributed by atoms with Crippen LogP contribution in [0.3, 0.4) is 0 Å². The molecule has 1 aliphatic rings. The number of halogens is 15. The molecule has 1 saturated carbocycles. The van der Waals surface area contributed by atoms with Crippen LogP contribution in [0.4, 0.5) is 65.9 Å². The number of esters is 2. The van der Waals surface area contributed by atoms with E-state index >= 15 is 0 Å². The first-order valence-electron chi connectivity index (χ1n) is 19.2. The second-order valence-electron chi connectivity index (χ2n) is 17.5. The summed E-state index contributed by atoms with van der Waals surface area (Å²) in [5.41, 5.74) is -17.9. The molecule has 2 N–H and O–H groups in total. The van der Waals surface area contributed by atoms with E-state index in [1.165, 1.54) is 19.8 Å². The van der Waals surface area contributed by atoms with Crippen LogP contribution in [-0.4, -0.2) is 65.7 Å². The van der Waals surface area contributed by atoms with Crippen molar-refractivity contribution in [3.63, 3.8) is 0 Å². The summed E-state index contributed by atoms with van der Waals surface area (Å²) in [7, 11) is 0. The predicted molar refractivity (Wildman–Crippen MR) is 194 cm³/mol. The van der Waals surface area contributed by atoms with E-state index in [-0.39, 0.29) is 36.0 Å². The fraction of sp³-hybridized carbons (Fsp3) is 0.800. The van der Waals surface area contributed by atoms with Gasteiger partial charge in [0, 0.05) is 11.1 Å². The number of ether oxygens (including phenoxy) is 2. The summed E-state index contributed by atoms with van der Waals surface area (Å²) in [6.45, 7) is 18.6. The van der Waals surface area contributed by atoms with Crippen molar-refractivity contribution in [2.24, 2.45) is 22.2 Å². The van der Waals surface area contributed by atoms with Crippen LogP contribution in [0.25, 0.3) is 0 Å². The Kier molecular flexibility index (Phi) is 19.3. The lowest BCUT2D eigenvalue weighted by Crippen LogP contribution is -2.56. The molecule has 21 heteroatoms. The van der Waals surface area contributed by atoms with Gasteiger partial charge in [0.1, 0.15) is 6.10 Å². The molecule has 0 saturated heterocycles. The molecular weight excluding hydrogens is 861 g/mol. The Labute approximate surface area is 345 Å². The number of benzene rings is 1. The van der Waals surface area contributed by atoms with Gasteiger partial charge in [-0.2, -0.15) is 65.9 Å². The Bertz CT molecular complexity index is 1470. The fourth-order valence-electron chi connectivity index (χ4n) is 5.55. The van der Waals surface area contributed by atoms with Gasteiger partial charge < -0.3 is 19.7 Å². The normalized spacial score (nSPS) is 18.2. The molecule has 0 amide bonds. The van der Waals surface area contributed by atoms with E-state index in [2.05, 4.69) is 25.5 Å². The van der Waals surface area contributed by atoms with Crippen molar-refractivity contribution in [2.75, 3.05) is 6.61 Å². The summed E-state index contributed by atoms with van der Waals surface area (Å²) in [5, 5.41) is 18.9. The highest BCUT2D eigenvalue weighted by Gasteiger charge is 2.74. The summed E-state index contributed by atoms with van der Waals surface area (Å²) >= 11 is 0. The molecule has 1 atom stereocenters. The van der Waals surface area contributed by atoms with Crippen molar-refractivity contribution < 1.29 is 95.1 Å². The van der Waals surface area contributed by atoms with Crippen LogP contribution in [0.2, 0.25) is 0 Å². The Balaban J connectivity index is 0.000000982. The molecule has 1 aromatic rings. The maximum Gasteiger partial charge on any atom is 0.430 e. The van der Waals surface area contributed by atoms with E-state index in [1.54, 1.807) is 20.8 Å². The van der Waals surface area contributed by atoms with E-state index in [1.807, 2.05) is 20.8 Å². The molecule has 2 rings (SSSR count). The quantitative estimate of drug-likeness (QED) is 0.179. The molecule has 358 valence electrons. The second-order valence-corrected chi connectivity index (χ2v) is 17.5. The summed E-state index contributed by atoms with van der Waals surface area (Å²) in [5.74, 6) is -1.19. The third kappa shape index (κ3) is 15.1. The number of carbonyl (C=O) groups is 2. The standard InChI is InChI=1S/C16H14F12O2.C16H30O2.C8H13F3O2/c1-3-7(2)8-4-9(11(29,13(17,18)19)14(20,21)22)6-10(5-8)12(30,15(23,24)25)16(26,27)28;1-7-16(5,6)14(17)18-13-10-8-12(9-11-13)15(2,3)4;1-4-7(2,3)6(12)13-5-8(9,10)11/h4-7,29-30H,3H2,1-2H3;12-13H,7-11H2,1-6H3;4-5H2,1-3H3. The molecule has 0 spiro atoms. The van der Waals surface area contributed by atoms with Gasteiger partial charge in [0.05, 0.1) is 10.8 Å². The highest BCUT2D eigenvalue weighted by atomic mass is 19.4. The summed E-state index contributed by atoms with van der Waals surface area (Å²) in [4.78, 5) is 23.0. The van der Waals surface area contributed by atoms with Gasteiger partial charge in [-0.3, -0.25) is 9.59 Å². The first-order valence-corrected chi connectivity index (χ1v) is 19.2. The zero-order valence-corrected chi connectivity index (χ0v) is 35.8. The predicted octanol–water partition coefficient (Wildman–Crippen LogP) is 12.9. The molecule has 1 fully saturated rings. The minimum Gasteiger partial charge on any atom is -0.462 e. The van der Waals surface area contributed by atoms with Crippen molar-refractivity contribution >= 4 is 11.9 Å². The van der Waals surface area contributed by atoms with Crippen LogP contribution in [-0.2, 0) is 30.3 Å². The third-order valence-electron chi connectivity index (χ3n) is 11.0. The summed E-state index contributed by atoms with van der Waals surface area (Å²) < 4.78 is 202. The number of hydrogen-bond acceptors (Lipinski definition) is 6. The molecule has 61 heavy (non-hydrogen) atoms. The minimum absolute atomic E-state index is 0.00577. The Morgan fingerprint density at radius 1 is 0.607 bits per heavy atom. The van der Waals surface area contributed by atoms with Gasteiger partial charge in [-0.25, -0.2) is 0 Å². The summed E-state index contributed by atoms with van der Waals surface area (Å²) in [6, 6.07) is -0.786. The molecular formula is C40H57F15O6. The lowest BCUT2D eigenvalue weighted by Gasteiger charge is -2.37. The number of carbonyl (C=O) groups excluding carboxylic acids is 2. The zero-order chi connectivity index (χ0) is 48.8. The molecule has 6 nitrogen and oxygen atoms in total. The van der Waals surface area contributed by atoms with Crippen LogP contribution < -0.4 is 0 Å². The van der Waals surface area contributed by atoms with E-state index < -0.39 is 88.7 Å². The molecule has 1 unspecified atom stereocenters. The highest BCUT2D eigenvalue weighted by Crippen LogP contribution is 2.54. The van der Waals surface area contributed by atoms with Crippen molar-refractivity contribution in [2.45, 2.75) is 175 Å². The van der Waals surface area contributed by atoms with E-state index in [0.29, 0.717) is 11.8 Å². The molecule has 0 bridgehead atoms. The number of rotatable bonds is 10. The lowest BCUT2D eigenvalue weighted by atomic mass is 9.72. The smallest absolute Gasteiger partial charge is 0.430 e. The first-order chi connectivity index (χ1) is 26.9. The highest BCUT2D eigenvalue weighted by molar-refractivity contribution is 5.76. The van der Waals surface area contributed by atoms with Gasteiger partial charge in [0.15, 0.2) is 6.61 Å². The molecule has 1 aromatic carbocycles. The molecule has 0 aliphatic heterocycles. The van der Waals surface area contributed by atoms with Crippen LogP contribution in [0, 0.1) is 22.2 Å². The molecule has 0 radical (unpaired) electrons. The third-order valence-corrected chi connectivity index (χ3v) is 11.0. The van der Waals surface area contributed by atoms with Crippen molar-refractivity contribution in [1.82, 2.24) is 0 Å². The Morgan fingerprint density at radius 2 is 0.951 bits per heavy atom. The van der Waals surface area contributed by atoms with Gasteiger partial charge in [-0.1, -0.05) is 60.6 Å². The zero-order valence-electron chi connectivity index (χ0n) is 35.8.